The summed E-state index contributed by atoms with van der Waals surface area (Å²) >= 11 is 0. The van der Waals surface area contributed by atoms with Crippen LogP contribution in [0.1, 0.15) is 42.3 Å². The molecule has 2 atom stereocenters. The SMILES string of the molecule is CCc1ccc(C(=O)[C@H](C)OC(=O)[C@H](C)N=C2NS(=O)(=O)c3ccccc32)cc1. The number of aliphatic imine (C=N–C) groups is 1. The van der Waals surface area contributed by atoms with Crippen LogP contribution in [0.25, 0.3) is 0 Å². The number of ketones is 1. The number of fused-ring (bicyclic) bond motifs is 1. The van der Waals surface area contributed by atoms with Gasteiger partial charge in [-0.1, -0.05) is 43.3 Å². The quantitative estimate of drug-likeness (QED) is 0.578. The summed E-state index contributed by atoms with van der Waals surface area (Å²) in [5.74, 6) is -0.945. The van der Waals surface area contributed by atoms with E-state index in [1.54, 1.807) is 30.3 Å². The van der Waals surface area contributed by atoms with Crippen molar-refractivity contribution < 1.29 is 22.7 Å². The number of nitrogens with one attached hydrogen (secondary N) is 1. The standard InChI is InChI=1S/C21H22N2O5S/c1-4-15-9-11-16(12-10-15)19(24)14(3)28-21(25)13(2)22-20-17-7-5-6-8-18(17)29(26,27)23-20/h5-14H,4H2,1-3H3,(H,22,23)/t13-,14-/m0/s1. The van der Waals surface area contributed by atoms with E-state index in [1.807, 2.05) is 19.1 Å². The van der Waals surface area contributed by atoms with Crippen molar-refractivity contribution in [3.05, 3.63) is 65.2 Å². The van der Waals surface area contributed by atoms with Gasteiger partial charge in [0.05, 0.1) is 4.90 Å². The number of hydrogen-bond donors (Lipinski definition) is 1. The first-order chi connectivity index (χ1) is 13.7. The van der Waals surface area contributed by atoms with E-state index >= 15 is 0 Å². The lowest BCUT2D eigenvalue weighted by atomic mass is 10.0. The van der Waals surface area contributed by atoms with E-state index in [0.717, 1.165) is 12.0 Å². The second-order valence-electron chi connectivity index (χ2n) is 6.75. The van der Waals surface area contributed by atoms with Gasteiger partial charge in [-0.3, -0.25) is 14.5 Å². The Balaban J connectivity index is 1.70. The van der Waals surface area contributed by atoms with Crippen molar-refractivity contribution in [2.75, 3.05) is 0 Å². The number of ether oxygens (including phenoxy) is 1. The van der Waals surface area contributed by atoms with Crippen LogP contribution in [-0.4, -0.2) is 38.2 Å². The van der Waals surface area contributed by atoms with Gasteiger partial charge in [0.1, 0.15) is 11.9 Å². The highest BCUT2D eigenvalue weighted by Crippen LogP contribution is 2.22. The highest BCUT2D eigenvalue weighted by atomic mass is 32.2. The second-order valence-corrected chi connectivity index (χ2v) is 8.40. The Bertz CT molecular complexity index is 1070. The van der Waals surface area contributed by atoms with Crippen LogP contribution in [0, 0.1) is 0 Å². The molecule has 0 aliphatic carbocycles. The summed E-state index contributed by atoms with van der Waals surface area (Å²) < 4.78 is 31.9. The van der Waals surface area contributed by atoms with Crippen LogP contribution in [0.5, 0.6) is 0 Å². The molecule has 1 aliphatic rings. The third kappa shape index (κ3) is 4.37. The molecule has 1 N–H and O–H groups in total. The topological polar surface area (TPSA) is 102 Å². The van der Waals surface area contributed by atoms with Crippen molar-refractivity contribution in [1.29, 1.82) is 0 Å². The van der Waals surface area contributed by atoms with E-state index in [-0.39, 0.29) is 16.5 Å². The van der Waals surface area contributed by atoms with Gasteiger partial charge in [0.2, 0.25) is 5.78 Å². The van der Waals surface area contributed by atoms with Crippen molar-refractivity contribution in [2.24, 2.45) is 4.99 Å². The smallest absolute Gasteiger partial charge is 0.331 e. The minimum atomic E-state index is -3.69. The summed E-state index contributed by atoms with van der Waals surface area (Å²) in [4.78, 5) is 29.2. The Morgan fingerprint density at radius 3 is 2.38 bits per heavy atom. The highest BCUT2D eigenvalue weighted by Gasteiger charge is 2.31. The summed E-state index contributed by atoms with van der Waals surface area (Å²) in [5, 5.41) is 0. The molecule has 2 aromatic rings. The Morgan fingerprint density at radius 2 is 1.72 bits per heavy atom. The molecule has 7 nitrogen and oxygen atoms in total. The van der Waals surface area contributed by atoms with Crippen molar-refractivity contribution in [3.63, 3.8) is 0 Å². The summed E-state index contributed by atoms with van der Waals surface area (Å²) in [5.41, 5.74) is 1.96. The maximum absolute atomic E-state index is 12.5. The lowest BCUT2D eigenvalue weighted by molar-refractivity contribution is -0.147. The van der Waals surface area contributed by atoms with Crippen LogP contribution in [0.4, 0.5) is 0 Å². The van der Waals surface area contributed by atoms with Crippen molar-refractivity contribution in [2.45, 2.75) is 44.2 Å². The van der Waals surface area contributed by atoms with Crippen LogP contribution in [-0.2, 0) is 26.0 Å². The average molecular weight is 414 g/mol. The summed E-state index contributed by atoms with van der Waals surface area (Å²) in [7, 11) is -3.69. The van der Waals surface area contributed by atoms with Gasteiger partial charge >= 0.3 is 5.97 Å². The number of hydrogen-bond acceptors (Lipinski definition) is 6. The highest BCUT2D eigenvalue weighted by molar-refractivity contribution is 7.90. The maximum Gasteiger partial charge on any atom is 0.331 e. The molecular formula is C21H22N2O5S. The molecule has 0 spiro atoms. The Morgan fingerprint density at radius 1 is 1.07 bits per heavy atom. The molecule has 0 unspecified atom stereocenters. The molecule has 0 bridgehead atoms. The summed E-state index contributed by atoms with van der Waals surface area (Å²) in [6.07, 6.45) is -0.116. The van der Waals surface area contributed by atoms with E-state index in [2.05, 4.69) is 9.71 Å². The largest absolute Gasteiger partial charge is 0.453 e. The molecular weight excluding hydrogens is 392 g/mol. The Hall–Kier alpha value is -3.00. The number of Topliss-reactive ketones (excluding diaryl/α,β-unsaturated/α-hetero) is 1. The van der Waals surface area contributed by atoms with Gasteiger partial charge in [0.25, 0.3) is 10.0 Å². The molecule has 8 heteroatoms. The molecule has 29 heavy (non-hydrogen) atoms. The molecule has 152 valence electrons. The van der Waals surface area contributed by atoms with Gasteiger partial charge in [-0.05, 0) is 38.0 Å². The molecule has 2 aromatic carbocycles. The Kier molecular flexibility index (Phi) is 5.83. The van der Waals surface area contributed by atoms with E-state index in [0.29, 0.717) is 11.1 Å². The molecule has 0 saturated heterocycles. The third-order valence-corrected chi connectivity index (χ3v) is 6.03. The normalized spacial score (nSPS) is 17.8. The first kappa shape index (κ1) is 20.7. The molecule has 1 aliphatic heterocycles. The van der Waals surface area contributed by atoms with Crippen molar-refractivity contribution in [3.8, 4) is 0 Å². The van der Waals surface area contributed by atoms with E-state index in [9.17, 15) is 18.0 Å². The predicted molar refractivity (Wildman–Crippen MR) is 108 cm³/mol. The van der Waals surface area contributed by atoms with E-state index in [1.165, 1.54) is 19.9 Å². The van der Waals surface area contributed by atoms with Gasteiger partial charge in [0.15, 0.2) is 6.10 Å². The zero-order valence-electron chi connectivity index (χ0n) is 16.4. The van der Waals surface area contributed by atoms with Crippen LogP contribution in [0.3, 0.4) is 0 Å². The number of esters is 1. The zero-order valence-corrected chi connectivity index (χ0v) is 17.2. The molecule has 0 saturated carbocycles. The summed E-state index contributed by atoms with van der Waals surface area (Å²) in [6, 6.07) is 12.5. The van der Waals surface area contributed by atoms with Gasteiger partial charge < -0.3 is 4.74 Å². The predicted octanol–water partition coefficient (Wildman–Crippen LogP) is 2.49. The second kappa shape index (κ2) is 8.16. The number of rotatable bonds is 6. The third-order valence-electron chi connectivity index (χ3n) is 4.64. The first-order valence-corrected chi connectivity index (χ1v) is 10.7. The molecule has 0 amide bonds. The zero-order chi connectivity index (χ0) is 21.2. The number of sulfonamides is 1. The molecule has 0 radical (unpaired) electrons. The minimum Gasteiger partial charge on any atom is -0.453 e. The number of nitrogens with zero attached hydrogens (tertiary/aromatic N) is 1. The first-order valence-electron chi connectivity index (χ1n) is 9.26. The van der Waals surface area contributed by atoms with Crippen LogP contribution in [0.2, 0.25) is 0 Å². The molecule has 0 aromatic heterocycles. The maximum atomic E-state index is 12.5. The van der Waals surface area contributed by atoms with Crippen molar-refractivity contribution in [1.82, 2.24) is 4.72 Å². The lowest BCUT2D eigenvalue weighted by Gasteiger charge is -2.15. The minimum absolute atomic E-state index is 0.0826. The van der Waals surface area contributed by atoms with E-state index in [4.69, 9.17) is 4.74 Å². The number of carbonyl (C=O) groups excluding carboxylic acids is 2. The molecule has 1 heterocycles. The van der Waals surface area contributed by atoms with E-state index < -0.39 is 28.1 Å². The fourth-order valence-electron chi connectivity index (χ4n) is 2.94. The van der Waals surface area contributed by atoms with Gasteiger partial charge in [0, 0.05) is 11.1 Å². The van der Waals surface area contributed by atoms with Crippen LogP contribution >= 0.6 is 0 Å². The lowest BCUT2D eigenvalue weighted by Crippen LogP contribution is -2.31. The fraction of sp³-hybridized carbons (Fsp3) is 0.286. The Labute approximate surface area is 169 Å². The number of benzene rings is 2. The van der Waals surface area contributed by atoms with Crippen LogP contribution in [0.15, 0.2) is 58.4 Å². The van der Waals surface area contributed by atoms with Gasteiger partial charge in [-0.15, -0.1) is 0 Å². The monoisotopic (exact) mass is 414 g/mol. The fourth-order valence-corrected chi connectivity index (χ4v) is 4.18. The summed E-state index contributed by atoms with van der Waals surface area (Å²) in [6.45, 7) is 5.01. The number of aryl methyl sites for hydroxylation is 1. The van der Waals surface area contributed by atoms with Crippen LogP contribution < -0.4 is 4.72 Å². The number of carbonyl (C=O) groups is 2. The van der Waals surface area contributed by atoms with Gasteiger partial charge in [-0.25, -0.2) is 13.2 Å². The molecule has 3 rings (SSSR count). The average Bonchev–Trinajstić information content (AvgIpc) is 2.97. The van der Waals surface area contributed by atoms with Gasteiger partial charge in [-0.2, -0.15) is 0 Å². The number of amidine groups is 1. The molecule has 0 fully saturated rings. The van der Waals surface area contributed by atoms with Crippen molar-refractivity contribution >= 4 is 27.6 Å².